The fourth-order valence-corrected chi connectivity index (χ4v) is 1.95. The van der Waals surface area contributed by atoms with E-state index in [9.17, 15) is 9.59 Å². The van der Waals surface area contributed by atoms with Gasteiger partial charge in [0.25, 0.3) is 0 Å². The summed E-state index contributed by atoms with van der Waals surface area (Å²) in [5.74, 6) is -0.344. The molecule has 0 radical (unpaired) electrons. The third kappa shape index (κ3) is 5.12. The second-order valence-electron chi connectivity index (χ2n) is 5.03. The van der Waals surface area contributed by atoms with Crippen molar-refractivity contribution in [2.24, 2.45) is 0 Å². The molecule has 23 heavy (non-hydrogen) atoms. The first-order valence-corrected chi connectivity index (χ1v) is 7.21. The molecular weight excluding hydrogens is 294 g/mol. The van der Waals surface area contributed by atoms with Crippen LogP contribution in [0.4, 0.5) is 16.2 Å². The first-order valence-electron chi connectivity index (χ1n) is 7.21. The van der Waals surface area contributed by atoms with Crippen LogP contribution in [0.25, 0.3) is 0 Å². The smallest absolute Gasteiger partial charge is 0.319 e. The van der Waals surface area contributed by atoms with Gasteiger partial charge in [0.1, 0.15) is 6.04 Å². The molecule has 2 aromatic carbocycles. The summed E-state index contributed by atoms with van der Waals surface area (Å²) in [6.07, 6.45) is 0. The van der Waals surface area contributed by atoms with Crippen LogP contribution < -0.4 is 16.0 Å². The number of benzene rings is 2. The first kappa shape index (κ1) is 16.5. The number of urea groups is 1. The van der Waals surface area contributed by atoms with Gasteiger partial charge in [-0.15, -0.1) is 0 Å². The molecule has 0 aromatic heterocycles. The second kappa shape index (κ2) is 7.95. The van der Waals surface area contributed by atoms with Gasteiger partial charge >= 0.3 is 6.03 Å². The minimum atomic E-state index is -0.712. The van der Waals surface area contributed by atoms with E-state index in [1.54, 1.807) is 55.5 Å². The number of aliphatic hydroxyl groups excluding tert-OH is 1. The van der Waals surface area contributed by atoms with Crippen molar-refractivity contribution in [3.05, 3.63) is 60.2 Å². The largest absolute Gasteiger partial charge is 0.392 e. The van der Waals surface area contributed by atoms with E-state index in [1.807, 2.05) is 6.07 Å². The van der Waals surface area contributed by atoms with Crippen molar-refractivity contribution in [3.8, 4) is 0 Å². The molecule has 0 saturated carbocycles. The van der Waals surface area contributed by atoms with Crippen molar-refractivity contribution in [1.82, 2.24) is 5.32 Å². The Bertz CT molecular complexity index is 674. The molecular formula is C17H19N3O3. The maximum Gasteiger partial charge on any atom is 0.319 e. The van der Waals surface area contributed by atoms with Crippen LogP contribution in [0.1, 0.15) is 12.5 Å². The standard InChI is InChI=1S/C17H19N3O3/c1-12(18-17(23)20-14-7-3-2-4-8-14)16(22)19-15-9-5-6-13(10-15)11-21/h2-10,12,21H,11H2,1H3,(H,19,22)(H2,18,20,23). The predicted octanol–water partition coefficient (Wildman–Crippen LogP) is 2.33. The molecule has 0 aliphatic carbocycles. The Balaban J connectivity index is 1.88. The van der Waals surface area contributed by atoms with E-state index in [-0.39, 0.29) is 12.5 Å². The summed E-state index contributed by atoms with van der Waals surface area (Å²) in [6.45, 7) is 1.49. The number of para-hydroxylation sites is 1. The number of nitrogens with one attached hydrogen (secondary N) is 3. The molecule has 0 aliphatic rings. The monoisotopic (exact) mass is 313 g/mol. The topological polar surface area (TPSA) is 90.5 Å². The van der Waals surface area contributed by atoms with Gasteiger partial charge in [-0.25, -0.2) is 4.79 Å². The number of carbonyl (C=O) groups excluding carboxylic acids is 2. The molecule has 6 heteroatoms. The summed E-state index contributed by atoms with van der Waals surface area (Å²) in [6, 6.07) is 14.7. The maximum absolute atomic E-state index is 12.1. The third-order valence-electron chi connectivity index (χ3n) is 3.15. The van der Waals surface area contributed by atoms with Gasteiger partial charge in [-0.05, 0) is 36.8 Å². The molecule has 2 aromatic rings. The van der Waals surface area contributed by atoms with Crippen molar-refractivity contribution in [2.45, 2.75) is 19.6 Å². The van der Waals surface area contributed by atoms with Gasteiger partial charge in [-0.3, -0.25) is 4.79 Å². The summed E-state index contributed by atoms with van der Waals surface area (Å²) in [5, 5.41) is 17.0. The fraction of sp³-hybridized carbons (Fsp3) is 0.176. The van der Waals surface area contributed by atoms with Gasteiger partial charge < -0.3 is 21.1 Å². The Morgan fingerprint density at radius 1 is 1.00 bits per heavy atom. The van der Waals surface area contributed by atoms with E-state index in [1.165, 1.54) is 0 Å². The lowest BCUT2D eigenvalue weighted by Crippen LogP contribution is -2.43. The number of carbonyl (C=O) groups is 2. The highest BCUT2D eigenvalue weighted by Gasteiger charge is 2.15. The van der Waals surface area contributed by atoms with Crippen molar-refractivity contribution in [3.63, 3.8) is 0 Å². The van der Waals surface area contributed by atoms with E-state index in [4.69, 9.17) is 5.11 Å². The number of anilines is 2. The Morgan fingerprint density at radius 3 is 2.39 bits per heavy atom. The van der Waals surface area contributed by atoms with Gasteiger partial charge in [0.05, 0.1) is 6.61 Å². The van der Waals surface area contributed by atoms with Gasteiger partial charge in [0, 0.05) is 11.4 Å². The Kier molecular flexibility index (Phi) is 5.71. The van der Waals surface area contributed by atoms with Crippen molar-refractivity contribution < 1.29 is 14.7 Å². The summed E-state index contributed by atoms with van der Waals surface area (Å²) in [7, 11) is 0. The summed E-state index contributed by atoms with van der Waals surface area (Å²) >= 11 is 0. The molecule has 0 aliphatic heterocycles. The SMILES string of the molecule is CC(NC(=O)Nc1ccccc1)C(=O)Nc1cccc(CO)c1. The Hall–Kier alpha value is -2.86. The van der Waals surface area contributed by atoms with E-state index >= 15 is 0 Å². The van der Waals surface area contributed by atoms with Crippen molar-refractivity contribution in [2.75, 3.05) is 10.6 Å². The average molecular weight is 313 g/mol. The molecule has 4 N–H and O–H groups in total. The van der Waals surface area contributed by atoms with Crippen LogP contribution in [-0.2, 0) is 11.4 Å². The lowest BCUT2D eigenvalue weighted by atomic mass is 10.2. The zero-order valence-electron chi connectivity index (χ0n) is 12.7. The van der Waals surface area contributed by atoms with Crippen molar-refractivity contribution >= 4 is 23.3 Å². The molecule has 0 saturated heterocycles. The fourth-order valence-electron chi connectivity index (χ4n) is 1.95. The summed E-state index contributed by atoms with van der Waals surface area (Å²) in [5.41, 5.74) is 1.91. The van der Waals surface area contributed by atoms with Crippen molar-refractivity contribution in [1.29, 1.82) is 0 Å². The van der Waals surface area contributed by atoms with Crippen LogP contribution in [0.3, 0.4) is 0 Å². The van der Waals surface area contributed by atoms with Crippen LogP contribution in [0, 0.1) is 0 Å². The number of rotatable bonds is 5. The van der Waals surface area contributed by atoms with E-state index < -0.39 is 12.1 Å². The zero-order chi connectivity index (χ0) is 16.7. The predicted molar refractivity (Wildman–Crippen MR) is 89.1 cm³/mol. The second-order valence-corrected chi connectivity index (χ2v) is 5.03. The minimum Gasteiger partial charge on any atom is -0.392 e. The number of amides is 3. The first-order chi connectivity index (χ1) is 11.1. The molecule has 0 bridgehead atoms. The molecule has 3 amide bonds. The number of hydrogen-bond donors (Lipinski definition) is 4. The van der Waals surface area contributed by atoms with E-state index in [0.717, 1.165) is 0 Å². The van der Waals surface area contributed by atoms with Gasteiger partial charge in [0.2, 0.25) is 5.91 Å². The average Bonchev–Trinajstić information content (AvgIpc) is 2.55. The van der Waals surface area contributed by atoms with Gasteiger partial charge in [-0.1, -0.05) is 30.3 Å². The Labute approximate surface area is 134 Å². The molecule has 120 valence electrons. The van der Waals surface area contributed by atoms with Crippen LogP contribution >= 0.6 is 0 Å². The highest BCUT2D eigenvalue weighted by Crippen LogP contribution is 2.11. The van der Waals surface area contributed by atoms with Crippen LogP contribution in [0.5, 0.6) is 0 Å². The zero-order valence-corrected chi connectivity index (χ0v) is 12.7. The minimum absolute atomic E-state index is 0.100. The number of hydrogen-bond acceptors (Lipinski definition) is 3. The number of aliphatic hydroxyl groups is 1. The summed E-state index contributed by atoms with van der Waals surface area (Å²) in [4.78, 5) is 23.9. The third-order valence-corrected chi connectivity index (χ3v) is 3.15. The van der Waals surface area contributed by atoms with Gasteiger partial charge in [-0.2, -0.15) is 0 Å². The van der Waals surface area contributed by atoms with E-state index in [0.29, 0.717) is 16.9 Å². The lowest BCUT2D eigenvalue weighted by molar-refractivity contribution is -0.117. The Morgan fingerprint density at radius 2 is 1.70 bits per heavy atom. The normalized spacial score (nSPS) is 11.4. The van der Waals surface area contributed by atoms with Crippen LogP contribution in [0.2, 0.25) is 0 Å². The highest BCUT2D eigenvalue weighted by atomic mass is 16.3. The van der Waals surface area contributed by atoms with Crippen LogP contribution in [-0.4, -0.2) is 23.1 Å². The molecule has 1 atom stereocenters. The van der Waals surface area contributed by atoms with Gasteiger partial charge in [0.15, 0.2) is 0 Å². The quantitative estimate of drug-likeness (QED) is 0.683. The molecule has 6 nitrogen and oxygen atoms in total. The van der Waals surface area contributed by atoms with Crippen LogP contribution in [0.15, 0.2) is 54.6 Å². The molecule has 0 spiro atoms. The molecule has 1 unspecified atom stereocenters. The summed E-state index contributed by atoms with van der Waals surface area (Å²) < 4.78 is 0. The molecule has 2 rings (SSSR count). The highest BCUT2D eigenvalue weighted by molar-refractivity contribution is 5.98. The maximum atomic E-state index is 12.1. The van der Waals surface area contributed by atoms with E-state index in [2.05, 4.69) is 16.0 Å². The lowest BCUT2D eigenvalue weighted by Gasteiger charge is -2.15. The molecule has 0 heterocycles. The molecule has 0 fully saturated rings.